The molecule has 0 aliphatic carbocycles. The third-order valence-corrected chi connectivity index (χ3v) is 4.57. The molecule has 0 saturated carbocycles. The molecule has 2 aromatic carbocycles. The maximum Gasteiger partial charge on any atom is 0.349 e. The number of benzene rings is 2. The summed E-state index contributed by atoms with van der Waals surface area (Å²) >= 11 is 5.98. The molecule has 0 saturated heterocycles. The van der Waals surface area contributed by atoms with Gasteiger partial charge in [-0.2, -0.15) is 10.4 Å². The molecule has 0 fully saturated rings. The second-order valence-corrected chi connectivity index (χ2v) is 6.79. The standard InChI is InChI=1S/C21H13ClN4O3/c1-12-2-5-16(6-3-12)26-19(14(10-23)11-24-26)25-20(27)17-9-13-8-15(22)4-7-18(13)29-21(17)28/h2-9,11H,1H3,(H,25,27). The van der Waals surface area contributed by atoms with E-state index in [-0.39, 0.29) is 16.9 Å². The number of aryl methyl sites for hydroxylation is 1. The van der Waals surface area contributed by atoms with Crippen molar-refractivity contribution in [2.45, 2.75) is 6.92 Å². The van der Waals surface area contributed by atoms with E-state index in [2.05, 4.69) is 10.4 Å². The number of fused-ring (bicyclic) bond motifs is 1. The molecule has 1 N–H and O–H groups in total. The van der Waals surface area contributed by atoms with Crippen LogP contribution in [0.1, 0.15) is 21.5 Å². The van der Waals surface area contributed by atoms with Crippen LogP contribution in [0.2, 0.25) is 5.02 Å². The van der Waals surface area contributed by atoms with Gasteiger partial charge in [-0.3, -0.25) is 4.79 Å². The molecule has 2 aromatic heterocycles. The van der Waals surface area contributed by atoms with Gasteiger partial charge >= 0.3 is 5.63 Å². The predicted octanol–water partition coefficient (Wildman–Crippen LogP) is 4.06. The fraction of sp³-hybridized carbons (Fsp3) is 0.0476. The minimum absolute atomic E-state index is 0.159. The van der Waals surface area contributed by atoms with Crippen molar-refractivity contribution in [3.63, 3.8) is 0 Å². The van der Waals surface area contributed by atoms with E-state index < -0.39 is 11.5 Å². The lowest BCUT2D eigenvalue weighted by molar-refractivity contribution is 0.102. The average Bonchev–Trinajstić information content (AvgIpc) is 3.10. The van der Waals surface area contributed by atoms with Gasteiger partial charge in [-0.25, -0.2) is 9.48 Å². The lowest BCUT2D eigenvalue weighted by Crippen LogP contribution is -2.22. The summed E-state index contributed by atoms with van der Waals surface area (Å²) in [7, 11) is 0. The maximum atomic E-state index is 12.8. The summed E-state index contributed by atoms with van der Waals surface area (Å²) < 4.78 is 6.64. The molecule has 0 radical (unpaired) electrons. The number of halogens is 1. The van der Waals surface area contributed by atoms with Crippen LogP contribution >= 0.6 is 11.6 Å². The minimum atomic E-state index is -0.794. The molecule has 142 valence electrons. The van der Waals surface area contributed by atoms with Crippen LogP contribution in [0.4, 0.5) is 5.82 Å². The smallest absolute Gasteiger partial charge is 0.349 e. The number of amides is 1. The van der Waals surface area contributed by atoms with Crippen LogP contribution in [0.5, 0.6) is 0 Å². The van der Waals surface area contributed by atoms with Gasteiger partial charge in [-0.15, -0.1) is 0 Å². The monoisotopic (exact) mass is 404 g/mol. The van der Waals surface area contributed by atoms with Crippen LogP contribution < -0.4 is 10.9 Å². The Morgan fingerprint density at radius 1 is 1.21 bits per heavy atom. The van der Waals surface area contributed by atoms with E-state index in [0.717, 1.165) is 5.56 Å². The maximum absolute atomic E-state index is 12.8. The molecule has 0 aliphatic rings. The lowest BCUT2D eigenvalue weighted by Gasteiger charge is -2.10. The number of carbonyl (C=O) groups is 1. The summed E-state index contributed by atoms with van der Waals surface area (Å²) in [6.45, 7) is 1.95. The largest absolute Gasteiger partial charge is 0.422 e. The number of anilines is 1. The zero-order valence-corrected chi connectivity index (χ0v) is 15.9. The molecule has 4 aromatic rings. The summed E-state index contributed by atoms with van der Waals surface area (Å²) in [6.07, 6.45) is 1.35. The van der Waals surface area contributed by atoms with E-state index in [1.54, 1.807) is 18.2 Å². The summed E-state index contributed by atoms with van der Waals surface area (Å²) in [5, 5.41) is 17.1. The number of carbonyl (C=O) groups excluding carboxylic acids is 1. The van der Waals surface area contributed by atoms with Crippen LogP contribution in [0.3, 0.4) is 0 Å². The van der Waals surface area contributed by atoms with Gasteiger partial charge in [0.2, 0.25) is 0 Å². The van der Waals surface area contributed by atoms with E-state index in [1.807, 2.05) is 37.3 Å². The fourth-order valence-electron chi connectivity index (χ4n) is 2.86. The zero-order valence-electron chi connectivity index (χ0n) is 15.1. The topological polar surface area (TPSA) is 101 Å². The van der Waals surface area contributed by atoms with Gasteiger partial charge in [0.25, 0.3) is 5.91 Å². The lowest BCUT2D eigenvalue weighted by atomic mass is 10.1. The molecule has 7 nitrogen and oxygen atoms in total. The number of aromatic nitrogens is 2. The Bertz CT molecular complexity index is 1350. The Kier molecular flexibility index (Phi) is 4.63. The summed E-state index contributed by atoms with van der Waals surface area (Å²) in [5.74, 6) is -0.557. The number of hydrogen-bond donors (Lipinski definition) is 1. The van der Waals surface area contributed by atoms with Crippen molar-refractivity contribution in [1.29, 1.82) is 5.26 Å². The highest BCUT2D eigenvalue weighted by molar-refractivity contribution is 6.31. The van der Waals surface area contributed by atoms with Gasteiger partial charge in [-0.1, -0.05) is 29.3 Å². The Balaban J connectivity index is 1.76. The van der Waals surface area contributed by atoms with Crippen molar-refractivity contribution in [1.82, 2.24) is 9.78 Å². The Hall–Kier alpha value is -3.89. The van der Waals surface area contributed by atoms with Crippen molar-refractivity contribution >= 4 is 34.3 Å². The third-order valence-electron chi connectivity index (χ3n) is 4.34. The molecule has 0 unspecified atom stereocenters. The van der Waals surface area contributed by atoms with E-state index in [0.29, 0.717) is 21.7 Å². The van der Waals surface area contributed by atoms with Gasteiger partial charge in [0.15, 0.2) is 5.82 Å². The molecule has 0 spiro atoms. The first-order valence-electron chi connectivity index (χ1n) is 8.56. The highest BCUT2D eigenvalue weighted by atomic mass is 35.5. The number of hydrogen-bond acceptors (Lipinski definition) is 5. The van der Waals surface area contributed by atoms with Gasteiger partial charge in [-0.05, 0) is 43.3 Å². The number of nitrogens with one attached hydrogen (secondary N) is 1. The van der Waals surface area contributed by atoms with Crippen LogP contribution in [-0.2, 0) is 0 Å². The number of nitrogens with zero attached hydrogens (tertiary/aromatic N) is 3. The van der Waals surface area contributed by atoms with Crippen LogP contribution in [-0.4, -0.2) is 15.7 Å². The molecule has 0 aliphatic heterocycles. The molecule has 4 rings (SSSR count). The van der Waals surface area contributed by atoms with Gasteiger partial charge in [0.05, 0.1) is 11.9 Å². The Morgan fingerprint density at radius 3 is 2.69 bits per heavy atom. The third kappa shape index (κ3) is 3.49. The molecular weight excluding hydrogens is 392 g/mol. The minimum Gasteiger partial charge on any atom is -0.422 e. The van der Waals surface area contributed by atoms with Crippen LogP contribution in [0.15, 0.2) is 63.9 Å². The van der Waals surface area contributed by atoms with E-state index in [1.165, 1.54) is 16.9 Å². The highest BCUT2D eigenvalue weighted by Crippen LogP contribution is 2.22. The van der Waals surface area contributed by atoms with Gasteiger partial charge < -0.3 is 9.73 Å². The van der Waals surface area contributed by atoms with Crippen molar-refractivity contribution in [2.24, 2.45) is 0 Å². The van der Waals surface area contributed by atoms with Gasteiger partial charge in [0.1, 0.15) is 22.8 Å². The van der Waals surface area contributed by atoms with Crippen LogP contribution in [0.25, 0.3) is 16.7 Å². The second-order valence-electron chi connectivity index (χ2n) is 6.35. The van der Waals surface area contributed by atoms with Crippen LogP contribution in [0, 0.1) is 18.3 Å². The van der Waals surface area contributed by atoms with Crippen molar-refractivity contribution in [3.05, 3.63) is 86.9 Å². The molecule has 2 heterocycles. The number of nitriles is 1. The summed E-state index contributed by atoms with van der Waals surface area (Å²) in [4.78, 5) is 25.1. The quantitative estimate of drug-likeness (QED) is 0.519. The normalized spacial score (nSPS) is 10.7. The molecule has 1 amide bonds. The van der Waals surface area contributed by atoms with Gasteiger partial charge in [0, 0.05) is 10.4 Å². The van der Waals surface area contributed by atoms with Crippen molar-refractivity contribution in [2.75, 3.05) is 5.32 Å². The first-order valence-corrected chi connectivity index (χ1v) is 8.94. The SMILES string of the molecule is Cc1ccc(-n2ncc(C#N)c2NC(=O)c2cc3cc(Cl)ccc3oc2=O)cc1. The summed E-state index contributed by atoms with van der Waals surface area (Å²) in [6, 6.07) is 15.5. The molecule has 0 atom stereocenters. The fourth-order valence-corrected chi connectivity index (χ4v) is 3.04. The first kappa shape index (κ1) is 18.5. The van der Waals surface area contributed by atoms with Crippen molar-refractivity contribution in [3.8, 4) is 11.8 Å². The summed E-state index contributed by atoms with van der Waals surface area (Å²) in [5.41, 5.74) is 1.19. The molecule has 0 bridgehead atoms. The van der Waals surface area contributed by atoms with E-state index >= 15 is 0 Å². The second kappa shape index (κ2) is 7.26. The Morgan fingerprint density at radius 2 is 1.97 bits per heavy atom. The number of rotatable bonds is 3. The highest BCUT2D eigenvalue weighted by Gasteiger charge is 2.19. The first-order chi connectivity index (χ1) is 14.0. The average molecular weight is 405 g/mol. The van der Waals surface area contributed by atoms with Crippen molar-refractivity contribution < 1.29 is 9.21 Å². The predicted molar refractivity (Wildman–Crippen MR) is 108 cm³/mol. The zero-order chi connectivity index (χ0) is 20.5. The Labute approximate surface area is 169 Å². The molecule has 8 heteroatoms. The molecule has 29 heavy (non-hydrogen) atoms. The van der Waals surface area contributed by atoms with E-state index in [4.69, 9.17) is 16.0 Å². The van der Waals surface area contributed by atoms with E-state index in [9.17, 15) is 14.9 Å². The molecular formula is C21H13ClN4O3.